The van der Waals surface area contributed by atoms with Gasteiger partial charge in [-0.05, 0) is 22.9 Å². The molecule has 34 heavy (non-hydrogen) atoms. The van der Waals surface area contributed by atoms with Crippen LogP contribution in [0.15, 0.2) is 109 Å². The first-order chi connectivity index (χ1) is 16.5. The minimum absolute atomic E-state index is 0.286. The Hall–Kier alpha value is -4.84. The Kier molecular flexibility index (Phi) is 5.32. The van der Waals surface area contributed by atoms with Crippen LogP contribution >= 0.6 is 0 Å². The van der Waals surface area contributed by atoms with Crippen LogP contribution in [-0.4, -0.2) is 23.6 Å². The second-order valence-corrected chi connectivity index (χ2v) is 7.69. The van der Waals surface area contributed by atoms with Crippen molar-refractivity contribution < 1.29 is 19.2 Å². The smallest absolute Gasteiger partial charge is 0.258 e. The molecule has 4 aromatic rings. The Morgan fingerprint density at radius 3 is 1.09 bits per heavy atom. The molecule has 6 heteroatoms. The summed E-state index contributed by atoms with van der Waals surface area (Å²) in [5, 5.41) is 3.83. The van der Waals surface area contributed by atoms with Crippen LogP contribution in [0.2, 0.25) is 0 Å². The van der Waals surface area contributed by atoms with Crippen molar-refractivity contribution >= 4 is 56.5 Å². The van der Waals surface area contributed by atoms with Gasteiger partial charge in [0.05, 0.1) is 11.4 Å². The number of carbonyl (C=O) groups is 4. The summed E-state index contributed by atoms with van der Waals surface area (Å²) in [6.07, 6.45) is 5.18. The fourth-order valence-electron chi connectivity index (χ4n) is 4.08. The van der Waals surface area contributed by atoms with E-state index in [1.54, 1.807) is 12.1 Å². The van der Waals surface area contributed by atoms with E-state index in [1.807, 2.05) is 72.8 Å². The zero-order valence-corrected chi connectivity index (χ0v) is 17.9. The van der Waals surface area contributed by atoms with Crippen LogP contribution in [0, 0.1) is 0 Å². The Labute approximate surface area is 195 Å². The fraction of sp³-hybridized carbons (Fsp3) is 0. The van der Waals surface area contributed by atoms with E-state index in [2.05, 4.69) is 0 Å². The molecule has 6 rings (SSSR count). The Balaban J connectivity index is 0.000000142. The van der Waals surface area contributed by atoms with Crippen molar-refractivity contribution in [2.24, 2.45) is 0 Å². The lowest BCUT2D eigenvalue weighted by Crippen LogP contribution is -2.29. The first kappa shape index (κ1) is 21.0. The average molecular weight is 446 g/mol. The number of fused-ring (bicyclic) bond motifs is 2. The number of hydrogen-bond acceptors (Lipinski definition) is 4. The third kappa shape index (κ3) is 3.67. The van der Waals surface area contributed by atoms with Gasteiger partial charge in [-0.3, -0.25) is 19.2 Å². The summed E-state index contributed by atoms with van der Waals surface area (Å²) < 4.78 is 0. The maximum atomic E-state index is 11.6. The van der Waals surface area contributed by atoms with Gasteiger partial charge in [-0.25, -0.2) is 9.80 Å². The van der Waals surface area contributed by atoms with Gasteiger partial charge in [-0.15, -0.1) is 0 Å². The van der Waals surface area contributed by atoms with Crippen molar-refractivity contribution in [3.05, 3.63) is 109 Å². The van der Waals surface area contributed by atoms with Gasteiger partial charge in [0.25, 0.3) is 23.6 Å². The van der Waals surface area contributed by atoms with Crippen molar-refractivity contribution in [1.82, 2.24) is 0 Å². The second kappa shape index (κ2) is 8.60. The van der Waals surface area contributed by atoms with Crippen molar-refractivity contribution in [3.8, 4) is 0 Å². The minimum atomic E-state index is -0.286. The highest BCUT2D eigenvalue weighted by molar-refractivity contribution is 6.31. The van der Waals surface area contributed by atoms with E-state index in [1.165, 1.54) is 34.1 Å². The van der Waals surface area contributed by atoms with Crippen LogP contribution in [0.5, 0.6) is 0 Å². The summed E-state index contributed by atoms with van der Waals surface area (Å²) in [5.74, 6) is -1.14. The molecule has 0 atom stereocenters. The maximum absolute atomic E-state index is 11.6. The molecule has 164 valence electrons. The quantitative estimate of drug-likeness (QED) is 0.424. The summed E-state index contributed by atoms with van der Waals surface area (Å²) in [6.45, 7) is 0. The van der Waals surface area contributed by atoms with Crippen LogP contribution in [0.3, 0.4) is 0 Å². The van der Waals surface area contributed by atoms with Gasteiger partial charge in [0, 0.05) is 35.1 Å². The largest absolute Gasteiger partial charge is 0.269 e. The average Bonchev–Trinajstić information content (AvgIpc) is 3.38. The highest BCUT2D eigenvalue weighted by atomic mass is 16.2. The summed E-state index contributed by atoms with van der Waals surface area (Å²) >= 11 is 0. The van der Waals surface area contributed by atoms with E-state index in [4.69, 9.17) is 0 Å². The Bertz CT molecular complexity index is 1390. The van der Waals surface area contributed by atoms with E-state index in [9.17, 15) is 19.2 Å². The van der Waals surface area contributed by atoms with Gasteiger partial charge < -0.3 is 0 Å². The molecule has 0 radical (unpaired) electrons. The molecule has 2 aliphatic heterocycles. The summed E-state index contributed by atoms with van der Waals surface area (Å²) in [7, 11) is 0. The van der Waals surface area contributed by atoms with E-state index < -0.39 is 0 Å². The van der Waals surface area contributed by atoms with Crippen LogP contribution in [0.25, 0.3) is 21.5 Å². The number of rotatable bonds is 2. The highest BCUT2D eigenvalue weighted by Gasteiger charge is 2.27. The van der Waals surface area contributed by atoms with Gasteiger partial charge in [0.1, 0.15) is 0 Å². The van der Waals surface area contributed by atoms with Crippen molar-refractivity contribution in [1.29, 1.82) is 0 Å². The molecule has 0 saturated heterocycles. The first-order valence-corrected chi connectivity index (χ1v) is 10.6. The van der Waals surface area contributed by atoms with Gasteiger partial charge in [-0.2, -0.15) is 0 Å². The SMILES string of the molecule is O=C1C=CC(=O)N1c1cccc2ccccc12.O=C1C=CC(=O)N1c1cccc2ccccc12. The van der Waals surface area contributed by atoms with Gasteiger partial charge in [0.2, 0.25) is 0 Å². The molecular weight excluding hydrogens is 428 g/mol. The zero-order valence-electron chi connectivity index (χ0n) is 17.9. The first-order valence-electron chi connectivity index (χ1n) is 10.6. The van der Waals surface area contributed by atoms with Crippen molar-refractivity contribution in [2.75, 3.05) is 9.80 Å². The molecule has 4 aromatic carbocycles. The number of anilines is 2. The lowest BCUT2D eigenvalue weighted by atomic mass is 10.1. The number of amides is 4. The van der Waals surface area contributed by atoms with E-state index in [-0.39, 0.29) is 23.6 Å². The molecule has 6 nitrogen and oxygen atoms in total. The third-order valence-electron chi connectivity index (χ3n) is 5.63. The van der Waals surface area contributed by atoms with E-state index in [0.29, 0.717) is 11.4 Å². The second-order valence-electron chi connectivity index (χ2n) is 7.69. The minimum Gasteiger partial charge on any atom is -0.269 e. The van der Waals surface area contributed by atoms with Crippen LogP contribution < -0.4 is 9.80 Å². The molecule has 0 saturated carbocycles. The number of hydrogen-bond donors (Lipinski definition) is 0. The molecular formula is C28H18N2O4. The highest BCUT2D eigenvalue weighted by Crippen LogP contribution is 2.29. The molecule has 0 bridgehead atoms. The lowest BCUT2D eigenvalue weighted by Gasteiger charge is -2.16. The molecule has 0 fully saturated rings. The lowest BCUT2D eigenvalue weighted by molar-refractivity contribution is -0.121. The molecule has 0 aliphatic carbocycles. The molecule has 2 heterocycles. The molecule has 0 N–H and O–H groups in total. The van der Waals surface area contributed by atoms with Crippen LogP contribution in [-0.2, 0) is 19.2 Å². The number of benzene rings is 4. The maximum Gasteiger partial charge on any atom is 0.258 e. The summed E-state index contributed by atoms with van der Waals surface area (Å²) in [5.41, 5.74) is 1.28. The normalized spacial score (nSPS) is 14.9. The Morgan fingerprint density at radius 2 is 0.706 bits per heavy atom. The predicted octanol–water partition coefficient (Wildman–Crippen LogP) is 4.54. The summed E-state index contributed by atoms with van der Waals surface area (Å²) in [4.78, 5) is 49.0. The van der Waals surface area contributed by atoms with Gasteiger partial charge >= 0.3 is 0 Å². The fourth-order valence-corrected chi connectivity index (χ4v) is 4.08. The van der Waals surface area contributed by atoms with Crippen LogP contribution in [0.4, 0.5) is 11.4 Å². The number of carbonyl (C=O) groups excluding carboxylic acids is 4. The molecule has 2 aliphatic rings. The molecule has 0 spiro atoms. The number of nitrogens with zero attached hydrogens (tertiary/aromatic N) is 2. The molecule has 0 aromatic heterocycles. The zero-order chi connectivity index (χ0) is 23.7. The van der Waals surface area contributed by atoms with Gasteiger partial charge in [0.15, 0.2) is 0 Å². The van der Waals surface area contributed by atoms with Gasteiger partial charge in [-0.1, -0.05) is 72.8 Å². The Morgan fingerprint density at radius 1 is 0.382 bits per heavy atom. The summed E-state index contributed by atoms with van der Waals surface area (Å²) in [6, 6.07) is 26.5. The van der Waals surface area contributed by atoms with E-state index in [0.717, 1.165) is 21.5 Å². The van der Waals surface area contributed by atoms with Crippen molar-refractivity contribution in [2.45, 2.75) is 0 Å². The van der Waals surface area contributed by atoms with E-state index >= 15 is 0 Å². The van der Waals surface area contributed by atoms with Crippen LogP contribution in [0.1, 0.15) is 0 Å². The molecule has 4 amide bonds. The standard InChI is InChI=1S/2C14H9NO2/c2*16-13-8-9-14(17)15(13)12-7-3-5-10-4-1-2-6-11(10)12/h2*1-9H. The van der Waals surface area contributed by atoms with Crippen molar-refractivity contribution in [3.63, 3.8) is 0 Å². The molecule has 0 unspecified atom stereocenters. The predicted molar refractivity (Wildman–Crippen MR) is 131 cm³/mol. The monoisotopic (exact) mass is 446 g/mol. The number of imide groups is 2. The third-order valence-corrected chi connectivity index (χ3v) is 5.63. The topological polar surface area (TPSA) is 74.8 Å².